The lowest BCUT2D eigenvalue weighted by Gasteiger charge is -2.12. The van der Waals surface area contributed by atoms with E-state index in [1.54, 1.807) is 0 Å². The normalized spacial score (nSPS) is 18.4. The van der Waals surface area contributed by atoms with Crippen LogP contribution >= 0.6 is 0 Å². The monoisotopic (exact) mass is 300 g/mol. The first-order valence-electron chi connectivity index (χ1n) is 7.56. The van der Waals surface area contributed by atoms with Gasteiger partial charge in [0.05, 0.1) is 12.2 Å². The van der Waals surface area contributed by atoms with Gasteiger partial charge in [-0.05, 0) is 24.8 Å². The van der Waals surface area contributed by atoms with Crippen molar-refractivity contribution in [1.29, 1.82) is 5.26 Å². The van der Waals surface area contributed by atoms with E-state index in [0.29, 0.717) is 19.6 Å². The van der Waals surface area contributed by atoms with Gasteiger partial charge in [-0.15, -0.1) is 0 Å². The van der Waals surface area contributed by atoms with Gasteiger partial charge >= 0.3 is 0 Å². The van der Waals surface area contributed by atoms with Crippen molar-refractivity contribution in [3.05, 3.63) is 35.9 Å². The van der Waals surface area contributed by atoms with Crippen molar-refractivity contribution in [2.24, 2.45) is 5.92 Å². The quantitative estimate of drug-likeness (QED) is 0.776. The molecule has 1 N–H and O–H groups in total. The van der Waals surface area contributed by atoms with Gasteiger partial charge in [0, 0.05) is 19.6 Å². The molecule has 0 aromatic heterocycles. The molecule has 5 nitrogen and oxygen atoms in total. The number of ketones is 1. The largest absolute Gasteiger partial charge is 0.378 e. The van der Waals surface area contributed by atoms with E-state index in [-0.39, 0.29) is 18.3 Å². The van der Waals surface area contributed by atoms with E-state index in [2.05, 4.69) is 5.32 Å². The molecular formula is C17H20N2O3. The highest BCUT2D eigenvalue weighted by atomic mass is 16.5. The van der Waals surface area contributed by atoms with Gasteiger partial charge in [-0.25, -0.2) is 0 Å². The van der Waals surface area contributed by atoms with Gasteiger partial charge in [-0.3, -0.25) is 9.59 Å². The maximum Gasteiger partial charge on any atom is 0.245 e. The molecular weight excluding hydrogens is 280 g/mol. The van der Waals surface area contributed by atoms with Gasteiger partial charge in [0.15, 0.2) is 11.7 Å². The summed E-state index contributed by atoms with van der Waals surface area (Å²) in [5, 5.41) is 11.7. The SMILES string of the molecule is N#CC(C(=O)CC1CCCO1)C(=O)NCCc1ccccc1. The molecule has 1 amide bonds. The molecule has 1 aromatic rings. The minimum absolute atomic E-state index is 0.138. The molecule has 0 aliphatic carbocycles. The minimum atomic E-state index is -1.24. The van der Waals surface area contributed by atoms with Gasteiger partial charge in [0.1, 0.15) is 0 Å². The average Bonchev–Trinajstić information content (AvgIpc) is 3.02. The molecule has 0 spiro atoms. The Hall–Kier alpha value is -2.19. The Kier molecular flexibility index (Phi) is 6.11. The molecule has 116 valence electrons. The number of carbonyl (C=O) groups excluding carboxylic acids is 2. The van der Waals surface area contributed by atoms with Gasteiger partial charge in [0.2, 0.25) is 5.91 Å². The number of nitriles is 1. The second-order valence-electron chi connectivity index (χ2n) is 5.39. The highest BCUT2D eigenvalue weighted by molar-refractivity contribution is 6.04. The summed E-state index contributed by atoms with van der Waals surface area (Å²) in [6.45, 7) is 1.06. The fourth-order valence-electron chi connectivity index (χ4n) is 2.50. The smallest absolute Gasteiger partial charge is 0.245 e. The van der Waals surface area contributed by atoms with Crippen LogP contribution in [-0.4, -0.2) is 30.9 Å². The van der Waals surface area contributed by atoms with Gasteiger partial charge in [-0.1, -0.05) is 30.3 Å². The van der Waals surface area contributed by atoms with E-state index < -0.39 is 11.8 Å². The number of nitrogens with zero attached hydrogens (tertiary/aromatic N) is 1. The summed E-state index contributed by atoms with van der Waals surface area (Å²) in [4.78, 5) is 24.0. The second kappa shape index (κ2) is 8.30. The number of ether oxygens (including phenoxy) is 1. The summed E-state index contributed by atoms with van der Waals surface area (Å²) < 4.78 is 5.38. The zero-order chi connectivity index (χ0) is 15.8. The molecule has 1 saturated heterocycles. The number of hydrogen-bond donors (Lipinski definition) is 1. The average molecular weight is 300 g/mol. The molecule has 0 bridgehead atoms. The van der Waals surface area contributed by atoms with Crippen molar-refractivity contribution in [2.75, 3.05) is 13.2 Å². The van der Waals surface area contributed by atoms with E-state index >= 15 is 0 Å². The second-order valence-corrected chi connectivity index (χ2v) is 5.39. The lowest BCUT2D eigenvalue weighted by Crippen LogP contribution is -2.36. The van der Waals surface area contributed by atoms with Crippen molar-refractivity contribution >= 4 is 11.7 Å². The van der Waals surface area contributed by atoms with Crippen LogP contribution in [0.3, 0.4) is 0 Å². The van der Waals surface area contributed by atoms with Crippen LogP contribution in [0.5, 0.6) is 0 Å². The summed E-state index contributed by atoms with van der Waals surface area (Å²) in [5.41, 5.74) is 1.10. The predicted octanol–water partition coefficient (Wildman–Crippen LogP) is 1.62. The van der Waals surface area contributed by atoms with Crippen LogP contribution in [0.15, 0.2) is 30.3 Å². The van der Waals surface area contributed by atoms with E-state index in [4.69, 9.17) is 10.00 Å². The Morgan fingerprint density at radius 2 is 2.14 bits per heavy atom. The van der Waals surface area contributed by atoms with Crippen LogP contribution in [0, 0.1) is 17.2 Å². The number of hydrogen-bond acceptors (Lipinski definition) is 4. The van der Waals surface area contributed by atoms with Crippen molar-refractivity contribution in [1.82, 2.24) is 5.32 Å². The van der Waals surface area contributed by atoms with Gasteiger partial charge < -0.3 is 10.1 Å². The fourth-order valence-corrected chi connectivity index (χ4v) is 2.50. The first-order chi connectivity index (χ1) is 10.7. The van der Waals surface area contributed by atoms with Crippen LogP contribution in [0.1, 0.15) is 24.8 Å². The van der Waals surface area contributed by atoms with E-state index in [1.807, 2.05) is 36.4 Å². The van der Waals surface area contributed by atoms with E-state index in [1.165, 1.54) is 0 Å². The van der Waals surface area contributed by atoms with Crippen molar-refractivity contribution in [2.45, 2.75) is 31.8 Å². The highest BCUT2D eigenvalue weighted by Crippen LogP contribution is 2.17. The Bertz CT molecular complexity index is 545. The summed E-state index contributed by atoms with van der Waals surface area (Å²) >= 11 is 0. The Morgan fingerprint density at radius 1 is 1.36 bits per heavy atom. The number of Topliss-reactive ketones (excluding diaryl/α,β-unsaturated/α-hetero) is 1. The highest BCUT2D eigenvalue weighted by Gasteiger charge is 2.29. The number of amides is 1. The predicted molar refractivity (Wildman–Crippen MR) is 80.9 cm³/mol. The maximum atomic E-state index is 12.0. The van der Waals surface area contributed by atoms with Crippen molar-refractivity contribution < 1.29 is 14.3 Å². The zero-order valence-electron chi connectivity index (χ0n) is 12.5. The van der Waals surface area contributed by atoms with E-state index in [0.717, 1.165) is 18.4 Å². The topological polar surface area (TPSA) is 79.2 Å². The molecule has 5 heteroatoms. The van der Waals surface area contributed by atoms with Crippen LogP contribution < -0.4 is 5.32 Å². The number of rotatable bonds is 7. The van der Waals surface area contributed by atoms with Gasteiger partial charge in [0.25, 0.3) is 0 Å². The van der Waals surface area contributed by atoms with Crippen LogP contribution in [0.4, 0.5) is 0 Å². The molecule has 1 aliphatic heterocycles. The third-order valence-corrected chi connectivity index (χ3v) is 3.72. The Balaban J connectivity index is 1.78. The van der Waals surface area contributed by atoms with E-state index in [9.17, 15) is 9.59 Å². The number of nitrogens with one attached hydrogen (secondary N) is 1. The third-order valence-electron chi connectivity index (χ3n) is 3.72. The number of carbonyl (C=O) groups is 2. The molecule has 1 aromatic carbocycles. The molecule has 22 heavy (non-hydrogen) atoms. The van der Waals surface area contributed by atoms with Crippen LogP contribution in [0.25, 0.3) is 0 Å². The Labute approximate surface area is 130 Å². The van der Waals surface area contributed by atoms with Gasteiger partial charge in [-0.2, -0.15) is 5.26 Å². The summed E-state index contributed by atoms with van der Waals surface area (Å²) in [7, 11) is 0. The van der Waals surface area contributed by atoms with Crippen LogP contribution in [-0.2, 0) is 20.7 Å². The first kappa shape index (κ1) is 16.2. The maximum absolute atomic E-state index is 12.0. The van der Waals surface area contributed by atoms with Crippen molar-refractivity contribution in [3.63, 3.8) is 0 Å². The Morgan fingerprint density at radius 3 is 2.77 bits per heavy atom. The molecule has 1 aliphatic rings. The van der Waals surface area contributed by atoms with Crippen LogP contribution in [0.2, 0.25) is 0 Å². The third kappa shape index (κ3) is 4.68. The molecule has 2 rings (SSSR count). The number of benzene rings is 1. The lowest BCUT2D eigenvalue weighted by molar-refractivity contribution is -0.132. The minimum Gasteiger partial charge on any atom is -0.378 e. The molecule has 1 heterocycles. The van der Waals surface area contributed by atoms with Crippen molar-refractivity contribution in [3.8, 4) is 6.07 Å². The molecule has 2 unspecified atom stereocenters. The summed E-state index contributed by atoms with van der Waals surface area (Å²) in [6.07, 6.45) is 2.42. The first-order valence-corrected chi connectivity index (χ1v) is 7.56. The summed E-state index contributed by atoms with van der Waals surface area (Å²) in [5.74, 6) is -2.10. The summed E-state index contributed by atoms with van der Waals surface area (Å²) in [6, 6.07) is 11.5. The molecule has 2 atom stereocenters. The zero-order valence-corrected chi connectivity index (χ0v) is 12.5. The lowest BCUT2D eigenvalue weighted by atomic mass is 9.98. The molecule has 0 radical (unpaired) electrons. The molecule has 1 fully saturated rings. The standard InChI is InChI=1S/C17H20N2O3/c18-12-15(16(20)11-14-7-4-10-22-14)17(21)19-9-8-13-5-2-1-3-6-13/h1-3,5-6,14-15H,4,7-11H2,(H,19,21). The molecule has 0 saturated carbocycles. The fraction of sp³-hybridized carbons (Fsp3) is 0.471.